The fraction of sp³-hybridized carbons (Fsp3) is 0.333. The highest BCUT2D eigenvalue weighted by Crippen LogP contribution is 2.37. The van der Waals surface area contributed by atoms with Gasteiger partial charge in [-0.25, -0.2) is 0 Å². The molecular formula is C18H20N2O3. The molecule has 0 bridgehead atoms. The Balaban J connectivity index is 1.80. The first-order chi connectivity index (χ1) is 11.0. The summed E-state index contributed by atoms with van der Waals surface area (Å²) < 4.78 is 0. The van der Waals surface area contributed by atoms with Gasteiger partial charge in [0.05, 0.1) is 17.8 Å². The third-order valence-electron chi connectivity index (χ3n) is 4.39. The van der Waals surface area contributed by atoms with E-state index in [-0.39, 0.29) is 29.7 Å². The topological polar surface area (TPSA) is 82.5 Å². The molecule has 0 spiro atoms. The van der Waals surface area contributed by atoms with Crippen molar-refractivity contribution in [2.45, 2.75) is 31.9 Å². The second kappa shape index (κ2) is 6.38. The number of phenolic OH excluding ortho intramolecular Hbond substituents is 1. The Hall–Kier alpha value is -2.40. The lowest BCUT2D eigenvalue weighted by atomic mass is 9.76. The van der Waals surface area contributed by atoms with Gasteiger partial charge in [-0.2, -0.15) is 0 Å². The maximum Gasteiger partial charge on any atom is 0.251 e. The van der Waals surface area contributed by atoms with Crippen molar-refractivity contribution in [3.63, 3.8) is 0 Å². The number of rotatable bonds is 4. The molecule has 0 radical (unpaired) electrons. The van der Waals surface area contributed by atoms with Crippen LogP contribution in [0.2, 0.25) is 0 Å². The van der Waals surface area contributed by atoms with Crippen molar-refractivity contribution in [3.05, 3.63) is 59.4 Å². The number of phenols is 1. The summed E-state index contributed by atoms with van der Waals surface area (Å²) in [5.74, 6) is 0.0198. The van der Waals surface area contributed by atoms with Crippen molar-refractivity contribution in [3.8, 4) is 5.75 Å². The van der Waals surface area contributed by atoms with Gasteiger partial charge in [-0.05, 0) is 55.5 Å². The lowest BCUT2D eigenvalue weighted by Crippen LogP contribution is -2.41. The van der Waals surface area contributed by atoms with Crippen molar-refractivity contribution in [2.24, 2.45) is 5.92 Å². The van der Waals surface area contributed by atoms with E-state index >= 15 is 0 Å². The van der Waals surface area contributed by atoms with Gasteiger partial charge in [0.1, 0.15) is 5.75 Å². The van der Waals surface area contributed by atoms with Gasteiger partial charge in [-0.3, -0.25) is 9.78 Å². The van der Waals surface area contributed by atoms with E-state index in [0.717, 1.165) is 11.3 Å². The molecule has 1 atom stereocenters. The smallest absolute Gasteiger partial charge is 0.251 e. The zero-order valence-electron chi connectivity index (χ0n) is 12.9. The van der Waals surface area contributed by atoms with Crippen molar-refractivity contribution < 1.29 is 15.0 Å². The minimum absolute atomic E-state index is 0.103. The zero-order valence-corrected chi connectivity index (χ0v) is 12.9. The van der Waals surface area contributed by atoms with Crippen LogP contribution in [0.3, 0.4) is 0 Å². The molecule has 1 aromatic carbocycles. The van der Waals surface area contributed by atoms with Gasteiger partial charge >= 0.3 is 0 Å². The molecule has 1 aliphatic rings. The molecule has 1 saturated carbocycles. The predicted octanol–water partition coefficient (Wildman–Crippen LogP) is 2.34. The molecule has 1 aromatic heterocycles. The highest BCUT2D eigenvalue weighted by atomic mass is 16.3. The quantitative estimate of drug-likeness (QED) is 0.809. The Morgan fingerprint density at radius 3 is 2.70 bits per heavy atom. The normalized spacial score (nSPS) is 21.3. The predicted molar refractivity (Wildman–Crippen MR) is 86.0 cm³/mol. The summed E-state index contributed by atoms with van der Waals surface area (Å²) in [6.07, 6.45) is 2.70. The number of carbonyl (C=O) groups is 1. The summed E-state index contributed by atoms with van der Waals surface area (Å²) in [4.78, 5) is 16.8. The van der Waals surface area contributed by atoms with Crippen LogP contribution in [0.5, 0.6) is 5.75 Å². The van der Waals surface area contributed by atoms with Crippen molar-refractivity contribution in [2.75, 3.05) is 0 Å². The van der Waals surface area contributed by atoms with Crippen LogP contribution in [0, 0.1) is 12.8 Å². The Morgan fingerprint density at radius 2 is 2.09 bits per heavy atom. The molecule has 3 N–H and O–H groups in total. The number of nitrogens with zero attached hydrogens (tertiary/aromatic N) is 1. The lowest BCUT2D eigenvalue weighted by Gasteiger charge is -2.37. The summed E-state index contributed by atoms with van der Waals surface area (Å²) in [6, 6.07) is 10.2. The monoisotopic (exact) mass is 312 g/mol. The van der Waals surface area contributed by atoms with E-state index in [1.54, 1.807) is 25.3 Å². The SMILES string of the molecule is Cc1ccc(C(=O)N[C@@H](c2ccccn2)C2CC(O)C2)cc1O. The Labute approximate surface area is 135 Å². The standard InChI is InChI=1S/C18H20N2O3/c1-11-5-6-12(10-16(11)22)18(23)20-17(13-8-14(21)9-13)15-4-2-3-7-19-15/h2-7,10,13-14,17,21-22H,8-9H2,1H3,(H,20,23)/t13?,14?,17-/m1/s1. The van der Waals surface area contributed by atoms with Crippen molar-refractivity contribution >= 4 is 5.91 Å². The first-order valence-electron chi connectivity index (χ1n) is 7.74. The number of aryl methyl sites for hydroxylation is 1. The van der Waals surface area contributed by atoms with Gasteiger partial charge in [0, 0.05) is 11.8 Å². The summed E-state index contributed by atoms with van der Waals surface area (Å²) in [5.41, 5.74) is 1.92. The van der Waals surface area contributed by atoms with Gasteiger partial charge < -0.3 is 15.5 Å². The maximum atomic E-state index is 12.5. The van der Waals surface area contributed by atoms with Gasteiger partial charge in [0.2, 0.25) is 0 Å². The van der Waals surface area contributed by atoms with Gasteiger partial charge in [-0.15, -0.1) is 0 Å². The molecule has 2 aromatic rings. The first-order valence-corrected chi connectivity index (χ1v) is 7.74. The second-order valence-corrected chi connectivity index (χ2v) is 6.09. The van der Waals surface area contributed by atoms with Gasteiger partial charge in [-0.1, -0.05) is 12.1 Å². The number of aromatic hydroxyl groups is 1. The number of aliphatic hydroxyl groups excluding tert-OH is 1. The van der Waals surface area contributed by atoms with E-state index in [9.17, 15) is 15.0 Å². The molecule has 1 heterocycles. The fourth-order valence-electron chi connectivity index (χ4n) is 2.87. The highest BCUT2D eigenvalue weighted by Gasteiger charge is 2.36. The number of pyridine rings is 1. The maximum absolute atomic E-state index is 12.5. The molecule has 5 nitrogen and oxygen atoms in total. The van der Waals surface area contributed by atoms with Crippen LogP contribution in [0.25, 0.3) is 0 Å². The molecular weight excluding hydrogens is 292 g/mol. The summed E-state index contributed by atoms with van der Waals surface area (Å²) in [6.45, 7) is 1.78. The molecule has 3 rings (SSSR count). The molecule has 1 aliphatic carbocycles. The summed E-state index contributed by atoms with van der Waals surface area (Å²) >= 11 is 0. The lowest BCUT2D eigenvalue weighted by molar-refractivity contribution is 0.0228. The summed E-state index contributed by atoms with van der Waals surface area (Å²) in [5, 5.41) is 22.3. The molecule has 1 fully saturated rings. The largest absolute Gasteiger partial charge is 0.508 e. The zero-order chi connectivity index (χ0) is 16.4. The van der Waals surface area contributed by atoms with Crippen molar-refractivity contribution in [1.29, 1.82) is 0 Å². The van der Waals surface area contributed by atoms with E-state index in [4.69, 9.17) is 0 Å². The molecule has 0 saturated heterocycles. The van der Waals surface area contributed by atoms with E-state index in [1.165, 1.54) is 6.07 Å². The van der Waals surface area contributed by atoms with Crippen LogP contribution in [-0.2, 0) is 0 Å². The first kappa shape index (κ1) is 15.5. The number of benzene rings is 1. The average molecular weight is 312 g/mol. The van der Waals surface area contributed by atoms with Crippen LogP contribution in [-0.4, -0.2) is 27.2 Å². The highest BCUT2D eigenvalue weighted by molar-refractivity contribution is 5.95. The molecule has 5 heteroatoms. The van der Waals surface area contributed by atoms with Crippen LogP contribution < -0.4 is 5.32 Å². The van der Waals surface area contributed by atoms with E-state index in [1.807, 2.05) is 18.2 Å². The molecule has 1 amide bonds. The number of nitrogens with one attached hydrogen (secondary N) is 1. The number of aromatic nitrogens is 1. The van der Waals surface area contributed by atoms with Gasteiger partial charge in [0.15, 0.2) is 0 Å². The van der Waals surface area contributed by atoms with Crippen LogP contribution in [0.1, 0.15) is 40.5 Å². The van der Waals surface area contributed by atoms with E-state index < -0.39 is 0 Å². The fourth-order valence-corrected chi connectivity index (χ4v) is 2.87. The number of aliphatic hydroxyl groups is 1. The van der Waals surface area contributed by atoms with Gasteiger partial charge in [0.25, 0.3) is 5.91 Å². The van der Waals surface area contributed by atoms with Crippen LogP contribution >= 0.6 is 0 Å². The second-order valence-electron chi connectivity index (χ2n) is 6.09. The summed E-state index contributed by atoms with van der Waals surface area (Å²) in [7, 11) is 0. The van der Waals surface area contributed by atoms with E-state index in [0.29, 0.717) is 18.4 Å². The number of amides is 1. The number of hydrogen-bond donors (Lipinski definition) is 3. The van der Waals surface area contributed by atoms with Crippen molar-refractivity contribution in [1.82, 2.24) is 10.3 Å². The Kier molecular flexibility index (Phi) is 4.30. The molecule has 120 valence electrons. The molecule has 0 unspecified atom stereocenters. The third kappa shape index (κ3) is 3.35. The number of carbonyl (C=O) groups excluding carboxylic acids is 1. The average Bonchev–Trinajstić information content (AvgIpc) is 2.53. The number of hydrogen-bond acceptors (Lipinski definition) is 4. The Morgan fingerprint density at radius 1 is 1.30 bits per heavy atom. The van der Waals surface area contributed by atoms with Crippen LogP contribution in [0.15, 0.2) is 42.6 Å². The minimum Gasteiger partial charge on any atom is -0.508 e. The third-order valence-corrected chi connectivity index (χ3v) is 4.39. The van der Waals surface area contributed by atoms with E-state index in [2.05, 4.69) is 10.3 Å². The molecule has 23 heavy (non-hydrogen) atoms. The Bertz CT molecular complexity index is 697. The molecule has 0 aliphatic heterocycles. The van der Waals surface area contributed by atoms with Crippen LogP contribution in [0.4, 0.5) is 0 Å². The minimum atomic E-state index is -0.300.